The zero-order valence-electron chi connectivity index (χ0n) is 12.1. The van der Waals surface area contributed by atoms with Crippen LogP contribution in [0.5, 0.6) is 0 Å². The average molecular weight is 376 g/mol. The van der Waals surface area contributed by atoms with Gasteiger partial charge in [0.1, 0.15) is 11.9 Å². The lowest BCUT2D eigenvalue weighted by Gasteiger charge is -2.03. The zero-order valence-corrected chi connectivity index (χ0v) is 13.7. The topological polar surface area (TPSA) is 80.1 Å². The Balaban J connectivity index is 1.57. The van der Waals surface area contributed by atoms with Crippen LogP contribution in [0.4, 0.5) is 5.69 Å². The first kappa shape index (κ1) is 14.5. The number of carbonyl (C=O) groups excluding carboxylic acids is 1. The van der Waals surface area contributed by atoms with Gasteiger partial charge >= 0.3 is 0 Å². The molecule has 0 spiro atoms. The summed E-state index contributed by atoms with van der Waals surface area (Å²) in [4.78, 5) is 19.9. The molecule has 2 aromatic heterocycles. The molecule has 3 heterocycles. The largest absolute Gasteiger partial charge is 0.444 e. The second-order valence-corrected chi connectivity index (χ2v) is 6.20. The van der Waals surface area contributed by atoms with E-state index in [0.29, 0.717) is 10.4 Å². The number of ether oxygens (including phenoxy) is 1. The van der Waals surface area contributed by atoms with Crippen LogP contribution in [-0.2, 0) is 4.74 Å². The maximum Gasteiger partial charge on any atom is 0.291 e. The molecule has 1 saturated heterocycles. The summed E-state index contributed by atoms with van der Waals surface area (Å²) in [7, 11) is 0. The molecule has 1 fully saturated rings. The van der Waals surface area contributed by atoms with Crippen molar-refractivity contribution in [1.29, 1.82) is 0 Å². The number of imidazole rings is 1. The maximum absolute atomic E-state index is 12.1. The van der Waals surface area contributed by atoms with Crippen LogP contribution in [-0.4, -0.2) is 22.5 Å². The van der Waals surface area contributed by atoms with E-state index in [1.54, 1.807) is 12.1 Å². The Hall–Kier alpha value is -2.12. The van der Waals surface area contributed by atoms with E-state index in [2.05, 4.69) is 31.2 Å². The standard InChI is InChI=1S/C16H14BrN3O3/c17-14-6-5-13(23-14)16(21)18-9-3-4-10-11(8-9)20-15(19-10)12-2-1-7-22-12/h3-6,8,12H,1-2,7H2,(H,18,21)(H,19,20)/t12-/m1/s1. The van der Waals surface area contributed by atoms with E-state index in [1.807, 2.05) is 18.2 Å². The minimum absolute atomic E-state index is 0.0425. The highest BCUT2D eigenvalue weighted by atomic mass is 79.9. The fourth-order valence-electron chi connectivity index (χ4n) is 2.68. The lowest BCUT2D eigenvalue weighted by atomic mass is 10.2. The molecule has 3 aromatic rings. The van der Waals surface area contributed by atoms with E-state index in [4.69, 9.17) is 9.15 Å². The molecule has 1 atom stereocenters. The number of H-pyrrole nitrogens is 1. The van der Waals surface area contributed by atoms with Gasteiger partial charge in [-0.25, -0.2) is 4.98 Å². The predicted molar refractivity (Wildman–Crippen MR) is 88.4 cm³/mol. The van der Waals surface area contributed by atoms with Crippen LogP contribution in [0.1, 0.15) is 35.3 Å². The molecule has 1 amide bonds. The molecular weight excluding hydrogens is 362 g/mol. The number of furan rings is 1. The summed E-state index contributed by atoms with van der Waals surface area (Å²) in [6.07, 6.45) is 2.08. The molecule has 0 aliphatic carbocycles. The van der Waals surface area contributed by atoms with E-state index in [9.17, 15) is 4.79 Å². The number of hydrogen-bond donors (Lipinski definition) is 2. The molecule has 0 bridgehead atoms. The Morgan fingerprint density at radius 2 is 2.26 bits per heavy atom. The first-order valence-electron chi connectivity index (χ1n) is 7.37. The van der Waals surface area contributed by atoms with Crippen molar-refractivity contribution in [2.45, 2.75) is 18.9 Å². The predicted octanol–water partition coefficient (Wildman–Crippen LogP) is 4.02. The van der Waals surface area contributed by atoms with E-state index in [-0.39, 0.29) is 17.8 Å². The Labute approximate surface area is 140 Å². The second-order valence-electron chi connectivity index (χ2n) is 5.41. The van der Waals surface area contributed by atoms with Gasteiger partial charge in [-0.2, -0.15) is 0 Å². The van der Waals surface area contributed by atoms with Crippen molar-refractivity contribution in [2.75, 3.05) is 11.9 Å². The van der Waals surface area contributed by atoms with E-state index < -0.39 is 0 Å². The molecule has 1 aliphatic rings. The first-order chi connectivity index (χ1) is 11.2. The van der Waals surface area contributed by atoms with Crippen molar-refractivity contribution in [3.8, 4) is 0 Å². The summed E-state index contributed by atoms with van der Waals surface area (Å²) in [6.45, 7) is 0.779. The zero-order chi connectivity index (χ0) is 15.8. The molecule has 1 aromatic carbocycles. The van der Waals surface area contributed by atoms with E-state index >= 15 is 0 Å². The van der Waals surface area contributed by atoms with Crippen LogP contribution in [0.2, 0.25) is 0 Å². The average Bonchev–Trinajstić information content (AvgIpc) is 3.26. The number of hydrogen-bond acceptors (Lipinski definition) is 4. The highest BCUT2D eigenvalue weighted by molar-refractivity contribution is 9.10. The van der Waals surface area contributed by atoms with Crippen LogP contribution < -0.4 is 5.32 Å². The molecule has 7 heteroatoms. The van der Waals surface area contributed by atoms with Gasteiger partial charge in [-0.15, -0.1) is 0 Å². The summed E-state index contributed by atoms with van der Waals surface area (Å²) in [6, 6.07) is 8.84. The molecule has 0 unspecified atom stereocenters. The van der Waals surface area contributed by atoms with Gasteiger partial charge in [0, 0.05) is 12.3 Å². The van der Waals surface area contributed by atoms with Crippen molar-refractivity contribution >= 4 is 38.6 Å². The monoisotopic (exact) mass is 375 g/mol. The molecule has 0 saturated carbocycles. The summed E-state index contributed by atoms with van der Waals surface area (Å²) in [5, 5.41) is 2.81. The highest BCUT2D eigenvalue weighted by Gasteiger charge is 2.21. The van der Waals surface area contributed by atoms with Crippen LogP contribution in [0.15, 0.2) is 39.4 Å². The number of nitrogens with zero attached hydrogens (tertiary/aromatic N) is 1. The lowest BCUT2D eigenvalue weighted by molar-refractivity contribution is 0.0995. The van der Waals surface area contributed by atoms with Gasteiger partial charge in [0.05, 0.1) is 11.0 Å². The van der Waals surface area contributed by atoms with Crippen LogP contribution in [0.3, 0.4) is 0 Å². The normalized spacial score (nSPS) is 17.7. The quantitative estimate of drug-likeness (QED) is 0.724. The van der Waals surface area contributed by atoms with Crippen molar-refractivity contribution in [3.05, 3.63) is 46.6 Å². The Bertz CT molecular complexity index is 864. The Kier molecular flexibility index (Phi) is 3.66. The van der Waals surface area contributed by atoms with Gasteiger partial charge in [0.15, 0.2) is 10.4 Å². The Morgan fingerprint density at radius 3 is 3.00 bits per heavy atom. The van der Waals surface area contributed by atoms with Gasteiger partial charge in [0.2, 0.25) is 0 Å². The van der Waals surface area contributed by atoms with Crippen molar-refractivity contribution in [1.82, 2.24) is 9.97 Å². The summed E-state index contributed by atoms with van der Waals surface area (Å²) in [5.74, 6) is 0.798. The third kappa shape index (κ3) is 2.89. The van der Waals surface area contributed by atoms with E-state index in [1.165, 1.54) is 0 Å². The van der Waals surface area contributed by atoms with Crippen LogP contribution >= 0.6 is 15.9 Å². The number of amides is 1. The maximum atomic E-state index is 12.1. The summed E-state index contributed by atoms with van der Waals surface area (Å²) in [5.41, 5.74) is 2.40. The lowest BCUT2D eigenvalue weighted by Crippen LogP contribution is -2.10. The molecule has 6 nitrogen and oxygen atoms in total. The fourth-order valence-corrected chi connectivity index (χ4v) is 2.99. The minimum Gasteiger partial charge on any atom is -0.444 e. The fraction of sp³-hybridized carbons (Fsp3) is 0.250. The molecule has 0 radical (unpaired) electrons. The second kappa shape index (κ2) is 5.82. The van der Waals surface area contributed by atoms with Gasteiger partial charge in [-0.1, -0.05) is 0 Å². The number of aromatic amines is 1. The number of rotatable bonds is 3. The van der Waals surface area contributed by atoms with Gasteiger partial charge < -0.3 is 19.5 Å². The first-order valence-corrected chi connectivity index (χ1v) is 8.16. The van der Waals surface area contributed by atoms with Crippen molar-refractivity contribution in [3.63, 3.8) is 0 Å². The van der Waals surface area contributed by atoms with Crippen molar-refractivity contribution in [2.24, 2.45) is 0 Å². The summed E-state index contributed by atoms with van der Waals surface area (Å²) < 4.78 is 11.4. The van der Waals surface area contributed by atoms with E-state index in [0.717, 1.165) is 36.3 Å². The molecule has 118 valence electrons. The number of benzene rings is 1. The smallest absolute Gasteiger partial charge is 0.291 e. The number of aromatic nitrogens is 2. The van der Waals surface area contributed by atoms with Crippen molar-refractivity contribution < 1.29 is 13.9 Å². The molecule has 4 rings (SSSR count). The number of nitrogens with one attached hydrogen (secondary N) is 2. The van der Waals surface area contributed by atoms with Crippen LogP contribution in [0.25, 0.3) is 11.0 Å². The summed E-state index contributed by atoms with van der Waals surface area (Å²) >= 11 is 3.18. The molecular formula is C16H14BrN3O3. The molecule has 1 aliphatic heterocycles. The molecule has 2 N–H and O–H groups in total. The third-order valence-electron chi connectivity index (χ3n) is 3.79. The third-order valence-corrected chi connectivity index (χ3v) is 4.22. The minimum atomic E-state index is -0.297. The molecule has 23 heavy (non-hydrogen) atoms. The highest BCUT2D eigenvalue weighted by Crippen LogP contribution is 2.28. The number of fused-ring (bicyclic) bond motifs is 1. The number of halogens is 1. The van der Waals surface area contributed by atoms with Gasteiger partial charge in [-0.05, 0) is 59.1 Å². The van der Waals surface area contributed by atoms with Gasteiger partial charge in [-0.3, -0.25) is 4.79 Å². The van der Waals surface area contributed by atoms with Crippen LogP contribution in [0, 0.1) is 0 Å². The Morgan fingerprint density at radius 1 is 1.35 bits per heavy atom. The number of anilines is 1. The van der Waals surface area contributed by atoms with Gasteiger partial charge in [0.25, 0.3) is 5.91 Å². The SMILES string of the molecule is O=C(Nc1ccc2nc([C@H]3CCCO3)[nH]c2c1)c1ccc(Br)o1. The number of carbonyl (C=O) groups is 1.